The number of hydrogen-bond donors (Lipinski definition) is 0. The van der Waals surface area contributed by atoms with Crippen molar-refractivity contribution in [2.75, 3.05) is 0 Å². The van der Waals surface area contributed by atoms with E-state index in [9.17, 15) is 18.0 Å². The van der Waals surface area contributed by atoms with Gasteiger partial charge in [0, 0.05) is 11.1 Å². The van der Waals surface area contributed by atoms with Gasteiger partial charge in [0.05, 0.1) is 5.56 Å². The third-order valence-corrected chi connectivity index (χ3v) is 3.21. The van der Waals surface area contributed by atoms with Crippen LogP contribution in [0.15, 0.2) is 48.5 Å². The van der Waals surface area contributed by atoms with Gasteiger partial charge in [-0.15, -0.1) is 0 Å². The Hall–Kier alpha value is -2.10. The zero-order valence-corrected chi connectivity index (χ0v) is 11.6. The highest BCUT2D eigenvalue weighted by atomic mass is 19.4. The maximum absolute atomic E-state index is 12.7. The van der Waals surface area contributed by atoms with Crippen LogP contribution in [0.1, 0.15) is 40.4 Å². The molecule has 0 N–H and O–H groups in total. The van der Waals surface area contributed by atoms with Crippen LogP contribution in [-0.4, -0.2) is 5.78 Å². The second kappa shape index (κ2) is 6.12. The van der Waals surface area contributed by atoms with Gasteiger partial charge in [-0.3, -0.25) is 4.79 Å². The highest BCUT2D eigenvalue weighted by molar-refractivity contribution is 6.09. The van der Waals surface area contributed by atoms with Crippen LogP contribution >= 0.6 is 0 Å². The molecule has 0 fully saturated rings. The fourth-order valence-corrected chi connectivity index (χ4v) is 2.11. The number of rotatable bonds is 4. The van der Waals surface area contributed by atoms with Gasteiger partial charge in [0.25, 0.3) is 0 Å². The second-order valence-electron chi connectivity index (χ2n) is 4.85. The smallest absolute Gasteiger partial charge is 0.289 e. The summed E-state index contributed by atoms with van der Waals surface area (Å²) in [7, 11) is 0. The number of benzene rings is 2. The van der Waals surface area contributed by atoms with Gasteiger partial charge in [-0.1, -0.05) is 49.7 Å². The van der Waals surface area contributed by atoms with Crippen molar-refractivity contribution in [3.05, 3.63) is 70.8 Å². The van der Waals surface area contributed by atoms with Gasteiger partial charge in [-0.25, -0.2) is 0 Å². The maximum Gasteiger partial charge on any atom is 0.416 e. The molecule has 0 saturated carbocycles. The van der Waals surface area contributed by atoms with Crippen LogP contribution in [0.3, 0.4) is 0 Å². The van der Waals surface area contributed by atoms with Crippen molar-refractivity contribution in [2.24, 2.45) is 0 Å². The van der Waals surface area contributed by atoms with Gasteiger partial charge in [-0.05, 0) is 24.1 Å². The average Bonchev–Trinajstić information content (AvgIpc) is 2.47. The summed E-state index contributed by atoms with van der Waals surface area (Å²) in [5.74, 6) is -0.399. The van der Waals surface area contributed by atoms with E-state index in [1.165, 1.54) is 12.1 Å². The summed E-state index contributed by atoms with van der Waals surface area (Å²) in [6.45, 7) is 2.06. The van der Waals surface area contributed by atoms with E-state index in [2.05, 4.69) is 6.92 Å². The van der Waals surface area contributed by atoms with Gasteiger partial charge in [0.1, 0.15) is 0 Å². The lowest BCUT2D eigenvalue weighted by molar-refractivity contribution is -0.137. The van der Waals surface area contributed by atoms with Crippen LogP contribution in [0.25, 0.3) is 0 Å². The Morgan fingerprint density at radius 3 is 2.24 bits per heavy atom. The third kappa shape index (κ3) is 3.72. The van der Waals surface area contributed by atoms with E-state index >= 15 is 0 Å². The molecular formula is C17H15F3O. The number of carbonyl (C=O) groups is 1. The first-order valence-electron chi connectivity index (χ1n) is 6.72. The molecule has 0 aliphatic carbocycles. The third-order valence-electron chi connectivity index (χ3n) is 3.21. The zero-order chi connectivity index (χ0) is 15.5. The van der Waals surface area contributed by atoms with Gasteiger partial charge >= 0.3 is 6.18 Å². The molecule has 2 aromatic carbocycles. The van der Waals surface area contributed by atoms with E-state index in [0.717, 1.165) is 30.5 Å². The fraction of sp³-hybridized carbons (Fsp3) is 0.235. The number of carbonyl (C=O) groups excluding carboxylic acids is 1. The minimum atomic E-state index is -4.44. The average molecular weight is 292 g/mol. The Bertz CT molecular complexity index is 627. The molecule has 0 aliphatic heterocycles. The lowest BCUT2D eigenvalue weighted by Gasteiger charge is -2.08. The summed E-state index contributed by atoms with van der Waals surface area (Å²) in [4.78, 5) is 12.2. The molecule has 2 rings (SSSR count). The lowest BCUT2D eigenvalue weighted by Crippen LogP contribution is -2.08. The Balaban J connectivity index is 2.27. The molecule has 0 radical (unpaired) electrons. The number of halogens is 3. The van der Waals surface area contributed by atoms with E-state index in [1.54, 1.807) is 12.1 Å². The standard InChI is InChI=1S/C17H15F3O/c1-2-4-12-7-9-13(10-8-12)16(21)14-5-3-6-15(11-14)17(18,19)20/h3,5-11H,2,4H2,1H3. The number of alkyl halides is 3. The van der Waals surface area contributed by atoms with Crippen LogP contribution < -0.4 is 0 Å². The molecule has 0 aliphatic rings. The van der Waals surface area contributed by atoms with E-state index in [4.69, 9.17) is 0 Å². The van der Waals surface area contributed by atoms with Gasteiger partial charge < -0.3 is 0 Å². The first kappa shape index (κ1) is 15.3. The highest BCUT2D eigenvalue weighted by Gasteiger charge is 2.30. The van der Waals surface area contributed by atoms with Crippen LogP contribution in [0.2, 0.25) is 0 Å². The summed E-state index contributed by atoms with van der Waals surface area (Å²) in [5, 5.41) is 0. The molecular weight excluding hydrogens is 277 g/mol. The van der Waals surface area contributed by atoms with Crippen molar-refractivity contribution in [1.29, 1.82) is 0 Å². The van der Waals surface area contributed by atoms with Gasteiger partial charge in [-0.2, -0.15) is 13.2 Å². The first-order chi connectivity index (χ1) is 9.91. The quantitative estimate of drug-likeness (QED) is 0.733. The molecule has 0 bridgehead atoms. The molecule has 0 unspecified atom stereocenters. The highest BCUT2D eigenvalue weighted by Crippen LogP contribution is 2.30. The van der Waals surface area contributed by atoms with Crippen molar-refractivity contribution in [3.8, 4) is 0 Å². The van der Waals surface area contributed by atoms with E-state index < -0.39 is 17.5 Å². The van der Waals surface area contributed by atoms with E-state index in [0.29, 0.717) is 5.56 Å². The van der Waals surface area contributed by atoms with Crippen molar-refractivity contribution < 1.29 is 18.0 Å². The monoisotopic (exact) mass is 292 g/mol. The molecule has 2 aromatic rings. The van der Waals surface area contributed by atoms with Crippen molar-refractivity contribution in [2.45, 2.75) is 25.9 Å². The minimum absolute atomic E-state index is 0.0491. The molecule has 0 heterocycles. The van der Waals surface area contributed by atoms with Crippen molar-refractivity contribution in [3.63, 3.8) is 0 Å². The SMILES string of the molecule is CCCc1ccc(C(=O)c2cccc(C(F)(F)F)c2)cc1. The van der Waals surface area contributed by atoms with Crippen molar-refractivity contribution in [1.82, 2.24) is 0 Å². The first-order valence-corrected chi connectivity index (χ1v) is 6.72. The topological polar surface area (TPSA) is 17.1 Å². The molecule has 0 spiro atoms. The molecule has 0 aromatic heterocycles. The number of aryl methyl sites for hydroxylation is 1. The number of ketones is 1. The van der Waals surface area contributed by atoms with E-state index in [-0.39, 0.29) is 5.56 Å². The minimum Gasteiger partial charge on any atom is -0.289 e. The lowest BCUT2D eigenvalue weighted by atomic mass is 9.99. The molecule has 4 heteroatoms. The summed E-state index contributed by atoms with van der Waals surface area (Å²) in [6.07, 6.45) is -2.53. The Kier molecular flexibility index (Phi) is 4.46. The van der Waals surface area contributed by atoms with Crippen molar-refractivity contribution >= 4 is 5.78 Å². The number of hydrogen-bond acceptors (Lipinski definition) is 1. The fourth-order valence-electron chi connectivity index (χ4n) is 2.11. The molecule has 0 amide bonds. The molecule has 0 atom stereocenters. The Morgan fingerprint density at radius 1 is 1.00 bits per heavy atom. The molecule has 1 nitrogen and oxygen atoms in total. The maximum atomic E-state index is 12.7. The predicted octanol–water partition coefficient (Wildman–Crippen LogP) is 4.89. The summed E-state index contributed by atoms with van der Waals surface area (Å²) >= 11 is 0. The summed E-state index contributed by atoms with van der Waals surface area (Å²) < 4.78 is 38.0. The van der Waals surface area contributed by atoms with Gasteiger partial charge in [0.15, 0.2) is 5.78 Å². The molecule has 21 heavy (non-hydrogen) atoms. The Morgan fingerprint density at radius 2 is 1.67 bits per heavy atom. The molecule has 0 saturated heterocycles. The van der Waals surface area contributed by atoms with E-state index in [1.807, 2.05) is 12.1 Å². The summed E-state index contributed by atoms with van der Waals surface area (Å²) in [5.41, 5.74) is 0.747. The Labute approximate surface area is 121 Å². The predicted molar refractivity (Wildman–Crippen MR) is 75.3 cm³/mol. The van der Waals surface area contributed by atoms with Crippen LogP contribution in [0.4, 0.5) is 13.2 Å². The second-order valence-corrected chi connectivity index (χ2v) is 4.85. The largest absolute Gasteiger partial charge is 0.416 e. The van der Waals surface area contributed by atoms with Crippen LogP contribution in [0.5, 0.6) is 0 Å². The molecule has 110 valence electrons. The van der Waals surface area contributed by atoms with Crippen LogP contribution in [0, 0.1) is 0 Å². The summed E-state index contributed by atoms with van der Waals surface area (Å²) in [6, 6.07) is 11.5. The normalized spacial score (nSPS) is 11.4. The van der Waals surface area contributed by atoms with Crippen LogP contribution in [-0.2, 0) is 12.6 Å². The zero-order valence-electron chi connectivity index (χ0n) is 11.6. The van der Waals surface area contributed by atoms with Gasteiger partial charge in [0.2, 0.25) is 0 Å².